The Kier molecular flexibility index (Phi) is 3.97. The summed E-state index contributed by atoms with van der Waals surface area (Å²) in [5.41, 5.74) is 0.497. The molecule has 0 N–H and O–H groups in total. The molecule has 0 aliphatic rings. The van der Waals surface area contributed by atoms with Crippen LogP contribution in [0.1, 0.15) is 10.4 Å². The zero-order valence-electron chi connectivity index (χ0n) is 8.69. The van der Waals surface area contributed by atoms with Crippen molar-refractivity contribution < 1.29 is 9.53 Å². The molecule has 0 aliphatic heterocycles. The predicted molar refractivity (Wildman–Crippen MR) is 73.2 cm³/mol. The smallest absolute Gasteiger partial charge is 0.344 e. The normalized spacial score (nSPS) is 10.0. The van der Waals surface area contributed by atoms with Gasteiger partial charge in [0.2, 0.25) is 0 Å². The van der Waals surface area contributed by atoms with Gasteiger partial charge >= 0.3 is 5.97 Å². The molecule has 2 nitrogen and oxygen atoms in total. The van der Waals surface area contributed by atoms with Crippen molar-refractivity contribution in [1.29, 1.82) is 0 Å². The second kappa shape index (κ2) is 5.47. The summed E-state index contributed by atoms with van der Waals surface area (Å²) in [6, 6.07) is 14.3. The number of carbonyl (C=O) groups is 1. The molecule has 17 heavy (non-hydrogen) atoms. The Balaban J connectivity index is 2.21. The molecule has 0 bridgehead atoms. The van der Waals surface area contributed by atoms with E-state index in [2.05, 4.69) is 31.9 Å². The standard InChI is InChI=1S/C13H8Br2O2/c14-9-6-7-11(12(15)8-9)13(16)17-10-4-2-1-3-5-10/h1-8H. The Morgan fingerprint density at radius 1 is 1.00 bits per heavy atom. The zero-order chi connectivity index (χ0) is 12.3. The van der Waals surface area contributed by atoms with Gasteiger partial charge in [0.15, 0.2) is 0 Å². The predicted octanol–water partition coefficient (Wildman–Crippen LogP) is 4.43. The molecule has 0 spiro atoms. The average molecular weight is 356 g/mol. The molecular formula is C13H8Br2O2. The molecule has 2 rings (SSSR count). The third-order valence-corrected chi connectivity index (χ3v) is 3.25. The Labute approximate surface area is 116 Å². The topological polar surface area (TPSA) is 26.3 Å². The van der Waals surface area contributed by atoms with Gasteiger partial charge in [-0.15, -0.1) is 0 Å². The fourth-order valence-electron chi connectivity index (χ4n) is 1.31. The van der Waals surface area contributed by atoms with Crippen molar-refractivity contribution in [3.63, 3.8) is 0 Å². The minimum atomic E-state index is -0.379. The summed E-state index contributed by atoms with van der Waals surface area (Å²) in [4.78, 5) is 11.9. The molecule has 0 unspecified atom stereocenters. The minimum absolute atomic E-state index is 0.379. The Morgan fingerprint density at radius 3 is 2.35 bits per heavy atom. The van der Waals surface area contributed by atoms with E-state index in [0.29, 0.717) is 15.8 Å². The van der Waals surface area contributed by atoms with Gasteiger partial charge in [0, 0.05) is 8.95 Å². The van der Waals surface area contributed by atoms with Gasteiger partial charge in [-0.2, -0.15) is 0 Å². The Morgan fingerprint density at radius 2 is 1.71 bits per heavy atom. The highest BCUT2D eigenvalue weighted by atomic mass is 79.9. The largest absolute Gasteiger partial charge is 0.423 e. The van der Waals surface area contributed by atoms with Crippen molar-refractivity contribution in [2.24, 2.45) is 0 Å². The number of rotatable bonds is 2. The molecule has 0 radical (unpaired) electrons. The molecule has 2 aromatic rings. The summed E-state index contributed by atoms with van der Waals surface area (Å²) < 4.78 is 6.84. The molecule has 4 heteroatoms. The van der Waals surface area contributed by atoms with Gasteiger partial charge in [-0.3, -0.25) is 0 Å². The summed E-state index contributed by atoms with van der Waals surface area (Å²) in [7, 11) is 0. The molecule has 0 amide bonds. The third kappa shape index (κ3) is 3.17. The maximum atomic E-state index is 11.9. The van der Waals surface area contributed by atoms with Crippen LogP contribution in [0.3, 0.4) is 0 Å². The highest BCUT2D eigenvalue weighted by molar-refractivity contribution is 9.11. The van der Waals surface area contributed by atoms with Crippen molar-refractivity contribution in [2.45, 2.75) is 0 Å². The first-order valence-corrected chi connectivity index (χ1v) is 6.48. The van der Waals surface area contributed by atoms with Crippen molar-refractivity contribution in [2.75, 3.05) is 0 Å². The number of benzene rings is 2. The van der Waals surface area contributed by atoms with E-state index in [-0.39, 0.29) is 5.97 Å². The molecule has 2 aromatic carbocycles. The lowest BCUT2D eigenvalue weighted by Gasteiger charge is -2.05. The van der Waals surface area contributed by atoms with Crippen LogP contribution in [0.5, 0.6) is 5.75 Å². The molecular weight excluding hydrogens is 348 g/mol. The first-order chi connectivity index (χ1) is 8.16. The summed E-state index contributed by atoms with van der Waals surface area (Å²) in [6.45, 7) is 0. The van der Waals surface area contributed by atoms with Gasteiger partial charge in [-0.05, 0) is 46.3 Å². The zero-order valence-corrected chi connectivity index (χ0v) is 11.9. The van der Waals surface area contributed by atoms with E-state index in [1.165, 1.54) is 0 Å². The quantitative estimate of drug-likeness (QED) is 0.588. The van der Waals surface area contributed by atoms with E-state index in [1.807, 2.05) is 24.3 Å². The van der Waals surface area contributed by atoms with Gasteiger partial charge < -0.3 is 4.74 Å². The molecule has 0 atom stereocenters. The van der Waals surface area contributed by atoms with Crippen molar-refractivity contribution in [3.05, 3.63) is 63.0 Å². The lowest BCUT2D eigenvalue weighted by Crippen LogP contribution is -2.09. The fourth-order valence-corrected chi connectivity index (χ4v) is 2.51. The van der Waals surface area contributed by atoms with Crippen LogP contribution in [0.25, 0.3) is 0 Å². The van der Waals surface area contributed by atoms with Crippen molar-refractivity contribution >= 4 is 37.8 Å². The van der Waals surface area contributed by atoms with E-state index in [9.17, 15) is 4.79 Å². The van der Waals surface area contributed by atoms with Crippen molar-refractivity contribution in [1.82, 2.24) is 0 Å². The second-order valence-electron chi connectivity index (χ2n) is 3.33. The number of para-hydroxylation sites is 1. The van der Waals surface area contributed by atoms with Gasteiger partial charge in [-0.1, -0.05) is 34.1 Å². The number of hydrogen-bond donors (Lipinski definition) is 0. The summed E-state index contributed by atoms with van der Waals surface area (Å²) >= 11 is 6.66. The molecule has 0 saturated heterocycles. The first-order valence-electron chi connectivity index (χ1n) is 4.89. The van der Waals surface area contributed by atoms with Crippen LogP contribution in [-0.2, 0) is 0 Å². The molecule has 0 fully saturated rings. The van der Waals surface area contributed by atoms with E-state index < -0.39 is 0 Å². The summed E-state index contributed by atoms with van der Waals surface area (Å²) in [5.74, 6) is 0.155. The highest BCUT2D eigenvalue weighted by Crippen LogP contribution is 2.23. The first kappa shape index (κ1) is 12.3. The lowest BCUT2D eigenvalue weighted by molar-refractivity contribution is 0.0734. The van der Waals surface area contributed by atoms with E-state index in [1.54, 1.807) is 24.3 Å². The lowest BCUT2D eigenvalue weighted by atomic mass is 10.2. The minimum Gasteiger partial charge on any atom is -0.423 e. The van der Waals surface area contributed by atoms with E-state index in [4.69, 9.17) is 4.74 Å². The molecule has 0 heterocycles. The summed E-state index contributed by atoms with van der Waals surface area (Å²) in [6.07, 6.45) is 0. The van der Waals surface area contributed by atoms with Gasteiger partial charge in [0.05, 0.1) is 5.56 Å². The fraction of sp³-hybridized carbons (Fsp3) is 0. The molecule has 0 aromatic heterocycles. The van der Waals surface area contributed by atoms with Gasteiger partial charge in [0.25, 0.3) is 0 Å². The Hall–Kier alpha value is -1.13. The van der Waals surface area contributed by atoms with Crippen LogP contribution in [0.2, 0.25) is 0 Å². The van der Waals surface area contributed by atoms with Crippen LogP contribution in [-0.4, -0.2) is 5.97 Å². The van der Waals surface area contributed by atoms with E-state index >= 15 is 0 Å². The molecule has 0 saturated carbocycles. The van der Waals surface area contributed by atoms with E-state index in [0.717, 1.165) is 4.47 Å². The third-order valence-electron chi connectivity index (χ3n) is 2.10. The highest BCUT2D eigenvalue weighted by Gasteiger charge is 2.12. The molecule has 0 aliphatic carbocycles. The van der Waals surface area contributed by atoms with Crippen LogP contribution >= 0.6 is 31.9 Å². The Bertz CT molecular complexity index is 538. The SMILES string of the molecule is O=C(Oc1ccccc1)c1ccc(Br)cc1Br. The monoisotopic (exact) mass is 354 g/mol. The maximum absolute atomic E-state index is 11.9. The number of esters is 1. The maximum Gasteiger partial charge on any atom is 0.344 e. The van der Waals surface area contributed by atoms with Crippen LogP contribution in [0, 0.1) is 0 Å². The van der Waals surface area contributed by atoms with Crippen LogP contribution < -0.4 is 4.74 Å². The average Bonchev–Trinajstić information content (AvgIpc) is 2.30. The van der Waals surface area contributed by atoms with Gasteiger partial charge in [-0.25, -0.2) is 4.79 Å². The second-order valence-corrected chi connectivity index (χ2v) is 5.10. The van der Waals surface area contributed by atoms with Crippen LogP contribution in [0.15, 0.2) is 57.5 Å². The van der Waals surface area contributed by atoms with Gasteiger partial charge in [0.1, 0.15) is 5.75 Å². The molecule has 86 valence electrons. The number of carbonyl (C=O) groups excluding carboxylic acids is 1. The number of halogens is 2. The van der Waals surface area contributed by atoms with Crippen molar-refractivity contribution in [3.8, 4) is 5.75 Å². The number of hydrogen-bond acceptors (Lipinski definition) is 2. The number of ether oxygens (including phenoxy) is 1. The summed E-state index contributed by atoms with van der Waals surface area (Å²) in [5, 5.41) is 0. The van der Waals surface area contributed by atoms with Crippen LogP contribution in [0.4, 0.5) is 0 Å².